The van der Waals surface area contributed by atoms with Crippen molar-refractivity contribution in [3.8, 4) is 0 Å². The van der Waals surface area contributed by atoms with Crippen molar-refractivity contribution < 1.29 is 4.79 Å². The molecule has 3 aliphatic rings. The first-order valence-electron chi connectivity index (χ1n) is 7.17. The zero-order valence-electron chi connectivity index (χ0n) is 10.9. The molecule has 0 radical (unpaired) electrons. The zero-order valence-corrected chi connectivity index (χ0v) is 13.2. The van der Waals surface area contributed by atoms with Gasteiger partial charge in [-0.1, -0.05) is 0 Å². The number of aromatic nitrogens is 1. The van der Waals surface area contributed by atoms with E-state index in [1.165, 1.54) is 11.3 Å². The van der Waals surface area contributed by atoms with Crippen LogP contribution in [0.1, 0.15) is 25.7 Å². The van der Waals surface area contributed by atoms with Crippen LogP contribution in [0, 0.1) is 29.6 Å². The summed E-state index contributed by atoms with van der Waals surface area (Å²) in [6, 6.07) is 0. The van der Waals surface area contributed by atoms with Crippen molar-refractivity contribution in [2.24, 2.45) is 29.6 Å². The molecule has 4 atom stereocenters. The largest absolute Gasteiger partial charge is 0.302 e. The fourth-order valence-electron chi connectivity index (χ4n) is 4.09. The van der Waals surface area contributed by atoms with Gasteiger partial charge in [0.05, 0.1) is 0 Å². The number of thiazole rings is 1. The van der Waals surface area contributed by atoms with Crippen molar-refractivity contribution in [1.82, 2.24) is 4.98 Å². The smallest absolute Gasteiger partial charge is 0.229 e. The molecule has 0 saturated heterocycles. The average Bonchev–Trinajstić information content (AvgIpc) is 3.04. The molecule has 1 aromatic rings. The number of alkyl halides is 2. The predicted molar refractivity (Wildman–Crippen MR) is 81.1 cm³/mol. The minimum Gasteiger partial charge on any atom is -0.302 e. The summed E-state index contributed by atoms with van der Waals surface area (Å²) in [5.41, 5.74) is 0. The molecule has 1 N–H and O–H groups in total. The number of nitrogens with zero attached hydrogens (tertiary/aromatic N) is 1. The van der Waals surface area contributed by atoms with Crippen molar-refractivity contribution in [3.05, 3.63) is 11.6 Å². The summed E-state index contributed by atoms with van der Waals surface area (Å²) in [5, 5.41) is 5.52. The second-order valence-corrected chi connectivity index (χ2v) is 8.56. The van der Waals surface area contributed by atoms with Gasteiger partial charge in [0, 0.05) is 17.5 Å². The van der Waals surface area contributed by atoms with E-state index in [9.17, 15) is 4.79 Å². The monoisotopic (exact) mass is 330 g/mol. The van der Waals surface area contributed by atoms with Crippen LogP contribution in [0.4, 0.5) is 5.13 Å². The number of hydrogen-bond acceptors (Lipinski definition) is 3. The minimum atomic E-state index is -0.477. The number of hydrogen-bond donors (Lipinski definition) is 1. The predicted octanol–water partition coefficient (Wildman–Crippen LogP) is 3.94. The van der Waals surface area contributed by atoms with E-state index in [1.807, 2.05) is 5.38 Å². The maximum Gasteiger partial charge on any atom is 0.229 e. The fourth-order valence-corrected chi connectivity index (χ4v) is 5.54. The lowest BCUT2D eigenvalue weighted by Crippen LogP contribution is -2.15. The number of amides is 1. The number of nitrogens with one attached hydrogen (secondary N) is 1. The highest BCUT2D eigenvalue weighted by atomic mass is 35.5. The van der Waals surface area contributed by atoms with Gasteiger partial charge in [0.15, 0.2) is 5.13 Å². The van der Waals surface area contributed by atoms with Gasteiger partial charge in [-0.2, -0.15) is 0 Å². The van der Waals surface area contributed by atoms with Crippen LogP contribution in [0.5, 0.6) is 0 Å². The molecule has 0 aromatic carbocycles. The van der Waals surface area contributed by atoms with Gasteiger partial charge in [-0.15, -0.1) is 34.5 Å². The third-order valence-corrected chi connectivity index (χ3v) is 7.09. The molecule has 3 saturated carbocycles. The molecule has 1 amide bonds. The minimum absolute atomic E-state index is 0.147. The Balaban J connectivity index is 1.38. The molecule has 20 heavy (non-hydrogen) atoms. The Kier molecular flexibility index (Phi) is 3.06. The molecular formula is C14H16Cl2N2OS. The Morgan fingerprint density at radius 3 is 2.45 bits per heavy atom. The summed E-state index contributed by atoms with van der Waals surface area (Å²) in [4.78, 5) is 16.4. The lowest BCUT2D eigenvalue weighted by molar-refractivity contribution is -0.117. The van der Waals surface area contributed by atoms with Crippen LogP contribution in [0.3, 0.4) is 0 Å². The molecule has 3 nitrogen and oxygen atoms in total. The van der Waals surface area contributed by atoms with Crippen LogP contribution < -0.4 is 5.32 Å². The summed E-state index contributed by atoms with van der Waals surface area (Å²) < 4.78 is -0.477. The Morgan fingerprint density at radius 2 is 1.90 bits per heavy atom. The van der Waals surface area contributed by atoms with Crippen molar-refractivity contribution in [2.75, 3.05) is 5.32 Å². The van der Waals surface area contributed by atoms with Crippen LogP contribution in [-0.2, 0) is 4.79 Å². The standard InChI is InChI=1S/C14H16Cl2N2OS/c15-14(16)9-3-1-7-8(2-4-10(9)14)11(7)12(19)18-13-17-5-6-20-13/h5-11H,1-4H2,(H,17,18,19)/t7-,8-,9-,10-/m1/s1. The molecule has 1 heterocycles. The summed E-state index contributed by atoms with van der Waals surface area (Å²) in [5.74, 6) is 2.29. The second-order valence-electron chi connectivity index (χ2n) is 6.22. The normalized spacial score (nSPS) is 40.8. The highest BCUT2D eigenvalue weighted by Crippen LogP contribution is 2.67. The Morgan fingerprint density at radius 1 is 1.25 bits per heavy atom. The van der Waals surface area contributed by atoms with Crippen LogP contribution >= 0.6 is 34.5 Å². The highest BCUT2D eigenvalue weighted by Gasteiger charge is 2.65. The van der Waals surface area contributed by atoms with E-state index >= 15 is 0 Å². The van der Waals surface area contributed by atoms with E-state index in [0.717, 1.165) is 25.7 Å². The molecule has 108 valence electrons. The molecule has 0 aliphatic heterocycles. The first-order valence-corrected chi connectivity index (χ1v) is 8.80. The molecule has 0 spiro atoms. The quantitative estimate of drug-likeness (QED) is 0.834. The van der Waals surface area contributed by atoms with E-state index < -0.39 is 4.33 Å². The molecule has 1 aromatic heterocycles. The number of carbonyl (C=O) groups excluding carboxylic acids is 1. The SMILES string of the molecule is O=C(Nc1nccs1)C1[C@@H]2CC[C@@H]3[C@@H](CC[C@@H]12)C3(Cl)Cl. The summed E-state index contributed by atoms with van der Waals surface area (Å²) in [6.07, 6.45) is 6.02. The van der Waals surface area contributed by atoms with Crippen molar-refractivity contribution in [2.45, 2.75) is 30.0 Å². The van der Waals surface area contributed by atoms with E-state index in [4.69, 9.17) is 23.2 Å². The maximum absolute atomic E-state index is 12.3. The zero-order chi connectivity index (χ0) is 13.9. The molecular weight excluding hydrogens is 315 g/mol. The molecule has 4 rings (SSSR count). The van der Waals surface area contributed by atoms with Gasteiger partial charge in [-0.25, -0.2) is 4.98 Å². The number of carbonyl (C=O) groups is 1. The van der Waals surface area contributed by atoms with Gasteiger partial charge >= 0.3 is 0 Å². The Labute approximate surface area is 132 Å². The number of rotatable bonds is 2. The maximum atomic E-state index is 12.3. The first-order chi connectivity index (χ1) is 9.59. The van der Waals surface area contributed by atoms with Crippen molar-refractivity contribution in [1.29, 1.82) is 0 Å². The lowest BCUT2D eigenvalue weighted by Gasteiger charge is -2.03. The topological polar surface area (TPSA) is 42.0 Å². The Hall–Kier alpha value is -0.320. The molecule has 0 unspecified atom stereocenters. The van der Waals surface area contributed by atoms with E-state index in [-0.39, 0.29) is 11.8 Å². The van der Waals surface area contributed by atoms with Gasteiger partial charge in [-0.05, 0) is 49.4 Å². The van der Waals surface area contributed by atoms with Crippen LogP contribution in [0.25, 0.3) is 0 Å². The first kappa shape index (κ1) is 13.4. The highest BCUT2D eigenvalue weighted by molar-refractivity contribution is 7.13. The van der Waals surface area contributed by atoms with E-state index in [1.54, 1.807) is 6.20 Å². The van der Waals surface area contributed by atoms with Crippen LogP contribution in [0.15, 0.2) is 11.6 Å². The molecule has 3 fully saturated rings. The molecule has 0 bridgehead atoms. The molecule has 6 heteroatoms. The average molecular weight is 331 g/mol. The van der Waals surface area contributed by atoms with Crippen molar-refractivity contribution in [3.63, 3.8) is 0 Å². The van der Waals surface area contributed by atoms with Gasteiger partial charge in [0.2, 0.25) is 5.91 Å². The fraction of sp³-hybridized carbons (Fsp3) is 0.714. The molecule has 3 aliphatic carbocycles. The van der Waals surface area contributed by atoms with Crippen LogP contribution in [0.2, 0.25) is 0 Å². The second kappa shape index (κ2) is 4.59. The lowest BCUT2D eigenvalue weighted by atomic mass is 10.0. The number of anilines is 1. The van der Waals surface area contributed by atoms with Crippen LogP contribution in [-0.4, -0.2) is 15.2 Å². The van der Waals surface area contributed by atoms with Gasteiger partial charge in [0.25, 0.3) is 0 Å². The number of halogens is 2. The third kappa shape index (κ3) is 2.08. The van der Waals surface area contributed by atoms with E-state index in [2.05, 4.69) is 10.3 Å². The summed E-state index contributed by atoms with van der Waals surface area (Å²) in [7, 11) is 0. The van der Waals surface area contributed by atoms with Crippen molar-refractivity contribution >= 4 is 45.6 Å². The third-order valence-electron chi connectivity index (χ3n) is 5.28. The number of fused-ring (bicyclic) bond motifs is 2. The van der Waals surface area contributed by atoms with Gasteiger partial charge in [-0.3, -0.25) is 4.79 Å². The summed E-state index contributed by atoms with van der Waals surface area (Å²) in [6.45, 7) is 0. The Bertz CT molecular complexity index is 511. The van der Waals surface area contributed by atoms with Gasteiger partial charge in [0.1, 0.15) is 4.33 Å². The summed E-state index contributed by atoms with van der Waals surface area (Å²) >= 11 is 14.1. The van der Waals surface area contributed by atoms with Gasteiger partial charge < -0.3 is 5.32 Å². The van der Waals surface area contributed by atoms with E-state index in [0.29, 0.717) is 28.8 Å².